The Bertz CT molecular complexity index is 1130. The third kappa shape index (κ3) is 4.25. The first-order chi connectivity index (χ1) is 14.8. The summed E-state index contributed by atoms with van der Waals surface area (Å²) in [5.74, 6) is 0.731. The summed E-state index contributed by atoms with van der Waals surface area (Å²) in [6.07, 6.45) is 0.915. The number of aryl methyl sites for hydroxylation is 2. The fourth-order valence-corrected chi connectivity index (χ4v) is 4.79. The van der Waals surface area contributed by atoms with Gasteiger partial charge in [0.15, 0.2) is 0 Å². The fourth-order valence-electron chi connectivity index (χ4n) is 3.69. The number of urea groups is 1. The van der Waals surface area contributed by atoms with Gasteiger partial charge in [-0.25, -0.2) is 4.79 Å². The van der Waals surface area contributed by atoms with Crippen LogP contribution in [0.4, 0.5) is 9.80 Å². The number of nitrogens with two attached hydrogens (primary N) is 2. The van der Waals surface area contributed by atoms with E-state index in [-0.39, 0.29) is 11.7 Å². The van der Waals surface area contributed by atoms with E-state index in [1.165, 1.54) is 11.3 Å². The summed E-state index contributed by atoms with van der Waals surface area (Å²) in [5.41, 5.74) is 14.3. The second-order valence-electron chi connectivity index (χ2n) is 7.35. The van der Waals surface area contributed by atoms with Gasteiger partial charge in [-0.3, -0.25) is 10.1 Å². The number of amides is 3. The van der Waals surface area contributed by atoms with Gasteiger partial charge in [-0.2, -0.15) is 0 Å². The molecule has 31 heavy (non-hydrogen) atoms. The number of hydrogen-bond acceptors (Lipinski definition) is 7. The number of carbonyl (C=O) groups is 2. The number of rotatable bonds is 6. The smallest absolute Gasteiger partial charge is 0.317 e. The molecule has 10 heteroatoms. The van der Waals surface area contributed by atoms with Gasteiger partial charge in [-0.1, -0.05) is 11.2 Å². The highest BCUT2D eigenvalue weighted by Crippen LogP contribution is 2.42. The van der Waals surface area contributed by atoms with E-state index < -0.39 is 11.9 Å². The van der Waals surface area contributed by atoms with Crippen LogP contribution in [0, 0.1) is 13.8 Å². The highest BCUT2D eigenvalue weighted by atomic mass is 32.1. The number of hydrogen-bond donors (Lipinski definition) is 4. The molecule has 0 spiro atoms. The Balaban J connectivity index is 1.81. The van der Waals surface area contributed by atoms with E-state index >= 15 is 0 Å². The van der Waals surface area contributed by atoms with Gasteiger partial charge in [-0.15, -0.1) is 11.3 Å². The summed E-state index contributed by atoms with van der Waals surface area (Å²) in [7, 11) is 0. The van der Waals surface area contributed by atoms with E-state index in [0.717, 1.165) is 52.5 Å². The van der Waals surface area contributed by atoms with Crippen LogP contribution in [-0.2, 0) is 0 Å². The van der Waals surface area contributed by atoms with Crippen molar-refractivity contribution >= 4 is 28.3 Å². The van der Waals surface area contributed by atoms with Gasteiger partial charge >= 0.3 is 6.03 Å². The maximum absolute atomic E-state index is 11.9. The molecule has 3 amide bonds. The van der Waals surface area contributed by atoms with Crippen LogP contribution in [-0.4, -0.2) is 36.3 Å². The maximum Gasteiger partial charge on any atom is 0.317 e. The van der Waals surface area contributed by atoms with Gasteiger partial charge in [0.2, 0.25) is 0 Å². The Hall–Kier alpha value is -3.37. The molecule has 1 fully saturated rings. The zero-order valence-electron chi connectivity index (χ0n) is 17.2. The number of nitrogens with zero attached hydrogens (tertiary/aromatic N) is 1. The molecule has 1 unspecified atom stereocenters. The van der Waals surface area contributed by atoms with Crippen molar-refractivity contribution in [1.29, 1.82) is 0 Å². The van der Waals surface area contributed by atoms with Crippen molar-refractivity contribution in [1.82, 2.24) is 10.5 Å². The van der Waals surface area contributed by atoms with E-state index in [1.54, 1.807) is 6.07 Å². The predicted molar refractivity (Wildman–Crippen MR) is 118 cm³/mol. The van der Waals surface area contributed by atoms with E-state index in [1.807, 2.05) is 32.0 Å². The lowest BCUT2D eigenvalue weighted by Gasteiger charge is -2.17. The van der Waals surface area contributed by atoms with Gasteiger partial charge < -0.3 is 26.0 Å². The number of aromatic nitrogens is 1. The predicted octanol–water partition coefficient (Wildman–Crippen LogP) is 3.02. The van der Waals surface area contributed by atoms with Crippen LogP contribution in [0.1, 0.15) is 28.2 Å². The third-order valence-corrected chi connectivity index (χ3v) is 6.20. The monoisotopic (exact) mass is 441 g/mol. The molecule has 0 saturated carbocycles. The number of primary amides is 2. The van der Waals surface area contributed by atoms with Crippen LogP contribution in [0.2, 0.25) is 0 Å². The largest absolute Gasteiger partial charge is 0.488 e. The minimum Gasteiger partial charge on any atom is -0.488 e. The van der Waals surface area contributed by atoms with Gasteiger partial charge in [-0.05, 0) is 50.6 Å². The van der Waals surface area contributed by atoms with Crippen LogP contribution in [0.15, 0.2) is 28.8 Å². The minimum absolute atomic E-state index is 0.0254. The van der Waals surface area contributed by atoms with Crippen LogP contribution in [0.5, 0.6) is 5.75 Å². The number of nitrogens with one attached hydrogen (secondary N) is 2. The number of ether oxygens (including phenoxy) is 1. The van der Waals surface area contributed by atoms with Crippen LogP contribution >= 0.6 is 11.3 Å². The first-order valence-corrected chi connectivity index (χ1v) is 10.6. The van der Waals surface area contributed by atoms with Crippen molar-refractivity contribution in [2.24, 2.45) is 11.5 Å². The zero-order valence-corrected chi connectivity index (χ0v) is 18.0. The molecule has 2 aromatic heterocycles. The molecule has 1 aliphatic heterocycles. The molecular weight excluding hydrogens is 418 g/mol. The molecule has 162 valence electrons. The Morgan fingerprint density at radius 3 is 2.71 bits per heavy atom. The topological polar surface area (TPSA) is 146 Å². The molecule has 9 nitrogen and oxygen atoms in total. The Morgan fingerprint density at radius 2 is 2.10 bits per heavy atom. The van der Waals surface area contributed by atoms with Crippen molar-refractivity contribution in [3.8, 4) is 27.3 Å². The second kappa shape index (κ2) is 8.40. The van der Waals surface area contributed by atoms with Crippen molar-refractivity contribution < 1.29 is 18.8 Å². The van der Waals surface area contributed by atoms with Crippen LogP contribution in [0.25, 0.3) is 21.6 Å². The van der Waals surface area contributed by atoms with Gasteiger partial charge in [0, 0.05) is 22.5 Å². The maximum atomic E-state index is 11.9. The molecule has 3 heterocycles. The Labute approximate surface area is 182 Å². The van der Waals surface area contributed by atoms with Gasteiger partial charge in [0.1, 0.15) is 22.6 Å². The molecule has 1 saturated heterocycles. The van der Waals surface area contributed by atoms with Gasteiger partial charge in [0.05, 0.1) is 11.3 Å². The van der Waals surface area contributed by atoms with E-state index in [9.17, 15) is 9.59 Å². The molecular formula is C21H23N5O4S. The Morgan fingerprint density at radius 1 is 1.29 bits per heavy atom. The highest BCUT2D eigenvalue weighted by Gasteiger charge is 2.23. The lowest BCUT2D eigenvalue weighted by Crippen LogP contribution is -2.21. The molecule has 0 aliphatic carbocycles. The van der Waals surface area contributed by atoms with Crippen molar-refractivity contribution in [3.63, 3.8) is 0 Å². The summed E-state index contributed by atoms with van der Waals surface area (Å²) in [6.45, 7) is 5.40. The average Bonchev–Trinajstić information content (AvgIpc) is 3.43. The van der Waals surface area contributed by atoms with Crippen LogP contribution < -0.4 is 26.8 Å². The molecule has 0 bridgehead atoms. The zero-order chi connectivity index (χ0) is 22.1. The summed E-state index contributed by atoms with van der Waals surface area (Å²) >= 11 is 1.21. The average molecular weight is 442 g/mol. The molecule has 1 aliphatic rings. The molecule has 3 aromatic rings. The SMILES string of the molecule is Cc1noc(C)c1-c1ccc(-c2cc(C(N)=O)c(NC(N)=O)s2)c(OC2CCNC2)c1. The second-order valence-corrected chi connectivity index (χ2v) is 8.40. The lowest BCUT2D eigenvalue weighted by molar-refractivity contribution is 0.100. The standard InChI is InChI=1S/C21H23N5O4S/c1-10-18(11(2)30-26-10)12-3-4-14(16(7-12)29-13-5-6-24-9-13)17-8-15(19(22)27)20(31-17)25-21(23)28/h3-4,7-8,13,24H,5-6,9H2,1-2H3,(H2,22,27)(H3,23,25,28). The summed E-state index contributed by atoms with van der Waals surface area (Å²) in [6, 6.07) is 6.70. The van der Waals surface area contributed by atoms with Crippen molar-refractivity contribution in [3.05, 3.63) is 41.3 Å². The summed E-state index contributed by atoms with van der Waals surface area (Å²) in [5, 5.41) is 10.1. The van der Waals surface area contributed by atoms with Crippen LogP contribution in [0.3, 0.4) is 0 Å². The Kier molecular flexibility index (Phi) is 5.66. The lowest BCUT2D eigenvalue weighted by atomic mass is 10.0. The molecule has 0 radical (unpaired) electrons. The first kappa shape index (κ1) is 20.9. The summed E-state index contributed by atoms with van der Waals surface area (Å²) < 4.78 is 11.7. The minimum atomic E-state index is -0.766. The number of benzene rings is 1. The highest BCUT2D eigenvalue weighted by molar-refractivity contribution is 7.20. The van der Waals surface area contributed by atoms with E-state index in [0.29, 0.717) is 10.8 Å². The molecule has 6 N–H and O–H groups in total. The molecule has 4 rings (SSSR count). The molecule has 1 aromatic carbocycles. The third-order valence-electron chi connectivity index (χ3n) is 5.11. The fraction of sp³-hybridized carbons (Fsp3) is 0.286. The van der Waals surface area contributed by atoms with Crippen molar-refractivity contribution in [2.75, 3.05) is 18.4 Å². The normalized spacial score (nSPS) is 15.7. The number of thiophene rings is 1. The summed E-state index contributed by atoms with van der Waals surface area (Å²) in [4.78, 5) is 23.9. The number of carbonyl (C=O) groups excluding carboxylic acids is 2. The molecule has 1 atom stereocenters. The quantitative estimate of drug-likeness (QED) is 0.463. The first-order valence-electron chi connectivity index (χ1n) is 9.78. The van der Waals surface area contributed by atoms with E-state index in [4.69, 9.17) is 20.7 Å². The van der Waals surface area contributed by atoms with Crippen molar-refractivity contribution in [2.45, 2.75) is 26.4 Å². The number of anilines is 1. The van der Waals surface area contributed by atoms with E-state index in [2.05, 4.69) is 15.8 Å². The van der Waals surface area contributed by atoms with Gasteiger partial charge in [0.25, 0.3) is 5.91 Å².